The molecular formula is C14H22ClO3PS. The van der Waals surface area contributed by atoms with Gasteiger partial charge in [-0.1, -0.05) is 38.3 Å². The van der Waals surface area contributed by atoms with Gasteiger partial charge in [-0.2, -0.15) is 0 Å². The van der Waals surface area contributed by atoms with Crippen LogP contribution in [-0.2, 0) is 13.6 Å². The zero-order chi connectivity index (χ0) is 14.8. The smallest absolute Gasteiger partial charge is 0.301 e. The minimum Gasteiger partial charge on any atom is -0.301 e. The molecule has 20 heavy (non-hydrogen) atoms. The number of benzene rings is 1. The molecular weight excluding hydrogens is 315 g/mol. The summed E-state index contributed by atoms with van der Waals surface area (Å²) in [6.45, 7) is 1.91. The van der Waals surface area contributed by atoms with Crippen molar-refractivity contribution in [1.29, 1.82) is 0 Å². The van der Waals surface area contributed by atoms with Gasteiger partial charge in [0, 0.05) is 9.92 Å². The van der Waals surface area contributed by atoms with E-state index in [4.69, 9.17) is 20.6 Å². The number of unbranched alkanes of at least 4 members (excludes halogenated alkanes) is 2. The molecule has 114 valence electrons. The van der Waals surface area contributed by atoms with Crippen molar-refractivity contribution >= 4 is 29.8 Å². The van der Waals surface area contributed by atoms with Crippen molar-refractivity contribution in [2.24, 2.45) is 0 Å². The van der Waals surface area contributed by atoms with Gasteiger partial charge in [-0.25, -0.2) is 4.57 Å². The van der Waals surface area contributed by atoms with Gasteiger partial charge in [0.1, 0.15) is 0 Å². The Labute approximate surface area is 130 Å². The van der Waals surface area contributed by atoms with Crippen LogP contribution >= 0.6 is 29.8 Å². The fraction of sp³-hybridized carbons (Fsp3) is 0.571. The molecule has 0 fully saturated rings. The molecule has 0 atom stereocenters. The third kappa shape index (κ3) is 7.14. The summed E-state index contributed by atoms with van der Waals surface area (Å²) in [6.07, 6.45) is 3.76. The fourth-order valence-corrected chi connectivity index (χ4v) is 4.79. The first-order valence-corrected chi connectivity index (χ1v) is 10.3. The van der Waals surface area contributed by atoms with Gasteiger partial charge in [-0.3, -0.25) is 0 Å². The van der Waals surface area contributed by atoms with Gasteiger partial charge >= 0.3 is 6.80 Å². The van der Waals surface area contributed by atoms with Crippen LogP contribution in [0.15, 0.2) is 29.2 Å². The Morgan fingerprint density at radius 1 is 1.05 bits per heavy atom. The van der Waals surface area contributed by atoms with E-state index in [1.54, 1.807) is 12.1 Å². The maximum atomic E-state index is 12.7. The summed E-state index contributed by atoms with van der Waals surface area (Å²) >= 11 is 7.00. The minimum absolute atomic E-state index is 0.459. The van der Waals surface area contributed by atoms with Crippen molar-refractivity contribution in [1.82, 2.24) is 0 Å². The normalized spacial score (nSPS) is 11.8. The number of halogens is 1. The maximum Gasteiger partial charge on any atom is 0.393 e. The van der Waals surface area contributed by atoms with Gasteiger partial charge in [-0.05, 0) is 48.5 Å². The van der Waals surface area contributed by atoms with Crippen LogP contribution < -0.4 is 0 Å². The molecule has 1 aromatic rings. The van der Waals surface area contributed by atoms with E-state index in [0.717, 1.165) is 42.0 Å². The summed E-state index contributed by atoms with van der Waals surface area (Å²) in [7, 11) is 0. The Balaban J connectivity index is 2.64. The number of rotatable bonds is 10. The highest BCUT2D eigenvalue weighted by atomic mass is 35.5. The highest BCUT2D eigenvalue weighted by Crippen LogP contribution is 2.63. The van der Waals surface area contributed by atoms with Crippen LogP contribution in [0.4, 0.5) is 0 Å². The van der Waals surface area contributed by atoms with Gasteiger partial charge in [0.2, 0.25) is 0 Å². The molecule has 0 bridgehead atoms. The molecule has 6 heteroatoms. The molecule has 0 aliphatic carbocycles. The third-order valence-electron chi connectivity index (χ3n) is 2.53. The van der Waals surface area contributed by atoms with E-state index in [1.165, 1.54) is 0 Å². The predicted molar refractivity (Wildman–Crippen MR) is 86.6 cm³/mol. The molecule has 0 saturated carbocycles. The summed E-state index contributed by atoms with van der Waals surface area (Å²) in [5.41, 5.74) is 0. The molecule has 0 amide bonds. The summed E-state index contributed by atoms with van der Waals surface area (Å²) in [4.78, 5) is 0.839. The summed E-state index contributed by atoms with van der Waals surface area (Å²) in [5.74, 6) is 0. The zero-order valence-electron chi connectivity index (χ0n) is 12.0. The Morgan fingerprint density at radius 2 is 1.55 bits per heavy atom. The Morgan fingerprint density at radius 3 is 2.00 bits per heavy atom. The molecule has 0 heterocycles. The van der Waals surface area contributed by atoms with E-state index >= 15 is 0 Å². The topological polar surface area (TPSA) is 35.5 Å². The van der Waals surface area contributed by atoms with Gasteiger partial charge in [-0.15, -0.1) is 0 Å². The summed E-state index contributed by atoms with van der Waals surface area (Å²) < 4.78 is 23.7. The average molecular weight is 337 g/mol. The minimum atomic E-state index is -3.14. The second-order valence-electron chi connectivity index (χ2n) is 4.37. The van der Waals surface area contributed by atoms with E-state index in [1.807, 2.05) is 12.1 Å². The maximum absolute atomic E-state index is 12.7. The van der Waals surface area contributed by atoms with Crippen molar-refractivity contribution in [2.45, 2.75) is 44.4 Å². The lowest BCUT2D eigenvalue weighted by Crippen LogP contribution is -1.97. The van der Waals surface area contributed by atoms with Crippen molar-refractivity contribution in [3.8, 4) is 0 Å². The summed E-state index contributed by atoms with van der Waals surface area (Å²) in [5, 5.41) is 0.656. The highest BCUT2D eigenvalue weighted by Gasteiger charge is 2.26. The zero-order valence-corrected chi connectivity index (χ0v) is 14.5. The van der Waals surface area contributed by atoms with Crippen LogP contribution in [0.25, 0.3) is 0 Å². The largest absolute Gasteiger partial charge is 0.393 e. The predicted octanol–water partition coefficient (Wildman–Crippen LogP) is 6.17. The number of hydrogen-bond acceptors (Lipinski definition) is 4. The monoisotopic (exact) mass is 336 g/mol. The second-order valence-corrected chi connectivity index (χ2v) is 8.76. The van der Waals surface area contributed by atoms with Crippen LogP contribution in [0, 0.1) is 0 Å². The second kappa shape index (κ2) is 9.86. The number of hydrogen-bond donors (Lipinski definition) is 0. The quantitative estimate of drug-likeness (QED) is 0.378. The van der Waals surface area contributed by atoms with Crippen LogP contribution in [0.3, 0.4) is 0 Å². The lowest BCUT2D eigenvalue weighted by atomic mass is 10.4. The van der Waals surface area contributed by atoms with Crippen LogP contribution in [0.1, 0.15) is 39.5 Å². The van der Waals surface area contributed by atoms with Crippen LogP contribution in [-0.4, -0.2) is 13.2 Å². The highest BCUT2D eigenvalue weighted by molar-refractivity contribution is 8.55. The molecule has 0 spiro atoms. The molecule has 0 aliphatic heterocycles. The molecule has 1 aromatic carbocycles. The van der Waals surface area contributed by atoms with Gasteiger partial charge in [0.15, 0.2) is 0 Å². The Hall–Kier alpha value is 0.01000. The van der Waals surface area contributed by atoms with Crippen molar-refractivity contribution in [3.05, 3.63) is 29.3 Å². The molecule has 0 radical (unpaired) electrons. The molecule has 3 nitrogen and oxygen atoms in total. The Bertz CT molecular complexity index is 411. The Kier molecular flexibility index (Phi) is 8.90. The van der Waals surface area contributed by atoms with Crippen molar-refractivity contribution in [2.75, 3.05) is 13.2 Å². The summed E-state index contributed by atoms with van der Waals surface area (Å²) in [6, 6.07) is 7.19. The first-order chi connectivity index (χ1) is 9.59. The SMILES string of the molecule is CCCCOP(=O)(OCCCC)Sc1ccc(Cl)cc1. The van der Waals surface area contributed by atoms with Crippen molar-refractivity contribution in [3.63, 3.8) is 0 Å². The molecule has 0 aliphatic rings. The average Bonchev–Trinajstić information content (AvgIpc) is 2.42. The van der Waals surface area contributed by atoms with Crippen LogP contribution in [0.2, 0.25) is 5.02 Å². The lowest BCUT2D eigenvalue weighted by molar-refractivity contribution is 0.215. The van der Waals surface area contributed by atoms with E-state index in [-0.39, 0.29) is 0 Å². The van der Waals surface area contributed by atoms with Crippen molar-refractivity contribution < 1.29 is 13.6 Å². The van der Waals surface area contributed by atoms with E-state index in [2.05, 4.69) is 13.8 Å². The molecule has 0 unspecified atom stereocenters. The van der Waals surface area contributed by atoms with Crippen LogP contribution in [0.5, 0.6) is 0 Å². The van der Waals surface area contributed by atoms with Gasteiger partial charge < -0.3 is 9.05 Å². The molecule has 0 aromatic heterocycles. The molecule has 0 N–H and O–H groups in total. The molecule has 0 saturated heterocycles. The lowest BCUT2D eigenvalue weighted by Gasteiger charge is -2.17. The van der Waals surface area contributed by atoms with Gasteiger partial charge in [0.25, 0.3) is 0 Å². The van der Waals surface area contributed by atoms with E-state index in [0.29, 0.717) is 18.2 Å². The standard InChI is InChI=1S/C14H22ClO3PS/c1-3-5-11-17-19(16,18-12-6-4-2)20-14-9-7-13(15)8-10-14/h7-10H,3-6,11-12H2,1-2H3. The van der Waals surface area contributed by atoms with E-state index < -0.39 is 6.80 Å². The van der Waals surface area contributed by atoms with Gasteiger partial charge in [0.05, 0.1) is 13.2 Å². The molecule has 1 rings (SSSR count). The first-order valence-electron chi connectivity index (χ1n) is 6.94. The first kappa shape index (κ1) is 18.1. The third-order valence-corrected chi connectivity index (χ3v) is 6.42. The van der Waals surface area contributed by atoms with E-state index in [9.17, 15) is 4.57 Å². The fourth-order valence-electron chi connectivity index (χ4n) is 1.36.